The number of piperidine rings is 1. The standard InChI is InChI=1S/C14H24N2O3S/c1-11-13(9-12(19-11)10-15-4)20(17,18)16-7-5-14(2,3)6-8-16/h9,15H,5-8,10H2,1-4H3. The summed E-state index contributed by atoms with van der Waals surface area (Å²) in [5, 5.41) is 2.96. The molecular weight excluding hydrogens is 276 g/mol. The molecule has 1 aromatic heterocycles. The lowest BCUT2D eigenvalue weighted by atomic mass is 9.83. The zero-order valence-electron chi connectivity index (χ0n) is 12.7. The van der Waals surface area contributed by atoms with Crippen molar-refractivity contribution in [1.82, 2.24) is 9.62 Å². The van der Waals surface area contributed by atoms with E-state index < -0.39 is 10.0 Å². The Hall–Kier alpha value is -0.850. The lowest BCUT2D eigenvalue weighted by Crippen LogP contribution is -2.41. The van der Waals surface area contributed by atoms with Crippen LogP contribution in [0, 0.1) is 12.3 Å². The number of hydrogen-bond donors (Lipinski definition) is 1. The first-order valence-corrected chi connectivity index (χ1v) is 8.44. The summed E-state index contributed by atoms with van der Waals surface area (Å²) in [6, 6.07) is 1.64. The lowest BCUT2D eigenvalue weighted by Gasteiger charge is -2.35. The number of sulfonamides is 1. The first kappa shape index (κ1) is 15.5. The number of nitrogens with zero attached hydrogens (tertiary/aromatic N) is 1. The molecule has 0 atom stereocenters. The van der Waals surface area contributed by atoms with Crippen LogP contribution in [-0.2, 0) is 16.6 Å². The van der Waals surface area contributed by atoms with E-state index in [1.807, 2.05) is 0 Å². The van der Waals surface area contributed by atoms with Crippen molar-refractivity contribution in [3.63, 3.8) is 0 Å². The van der Waals surface area contributed by atoms with Crippen LogP contribution >= 0.6 is 0 Å². The van der Waals surface area contributed by atoms with Crippen LogP contribution in [0.2, 0.25) is 0 Å². The van der Waals surface area contributed by atoms with Crippen LogP contribution < -0.4 is 5.32 Å². The highest BCUT2D eigenvalue weighted by molar-refractivity contribution is 7.89. The zero-order valence-corrected chi connectivity index (χ0v) is 13.5. The molecule has 20 heavy (non-hydrogen) atoms. The highest BCUT2D eigenvalue weighted by atomic mass is 32.2. The second-order valence-corrected chi connectivity index (χ2v) is 8.14. The summed E-state index contributed by atoms with van der Waals surface area (Å²) >= 11 is 0. The van der Waals surface area contributed by atoms with E-state index in [0.717, 1.165) is 12.8 Å². The number of hydrogen-bond acceptors (Lipinski definition) is 4. The highest BCUT2D eigenvalue weighted by Crippen LogP contribution is 2.33. The lowest BCUT2D eigenvalue weighted by molar-refractivity contribution is 0.195. The van der Waals surface area contributed by atoms with Gasteiger partial charge in [0.05, 0.1) is 6.54 Å². The fourth-order valence-electron chi connectivity index (χ4n) is 2.51. The third kappa shape index (κ3) is 3.07. The molecule has 114 valence electrons. The van der Waals surface area contributed by atoms with E-state index in [9.17, 15) is 8.42 Å². The van der Waals surface area contributed by atoms with Crippen molar-refractivity contribution >= 4 is 10.0 Å². The van der Waals surface area contributed by atoms with Crippen LogP contribution in [0.25, 0.3) is 0 Å². The molecular formula is C14H24N2O3S. The molecule has 6 heteroatoms. The minimum absolute atomic E-state index is 0.231. The second kappa shape index (κ2) is 5.50. The van der Waals surface area contributed by atoms with E-state index >= 15 is 0 Å². The topological polar surface area (TPSA) is 62.6 Å². The molecule has 0 bridgehead atoms. The van der Waals surface area contributed by atoms with Crippen LogP contribution in [0.5, 0.6) is 0 Å². The summed E-state index contributed by atoms with van der Waals surface area (Å²) in [6.45, 7) is 7.78. The van der Waals surface area contributed by atoms with Gasteiger partial charge in [0, 0.05) is 19.2 Å². The highest BCUT2D eigenvalue weighted by Gasteiger charge is 2.34. The normalized spacial score (nSPS) is 20.2. The summed E-state index contributed by atoms with van der Waals surface area (Å²) in [5.74, 6) is 1.13. The van der Waals surface area contributed by atoms with Crippen LogP contribution in [0.3, 0.4) is 0 Å². The molecule has 1 fully saturated rings. The van der Waals surface area contributed by atoms with Crippen LogP contribution in [0.1, 0.15) is 38.2 Å². The van der Waals surface area contributed by atoms with Gasteiger partial charge in [-0.25, -0.2) is 8.42 Å². The Morgan fingerprint density at radius 3 is 2.50 bits per heavy atom. The SMILES string of the molecule is CNCc1cc(S(=O)(=O)N2CCC(C)(C)CC2)c(C)o1. The zero-order chi connectivity index (χ0) is 15.0. The first-order chi connectivity index (χ1) is 9.26. The largest absolute Gasteiger partial charge is 0.464 e. The van der Waals surface area contributed by atoms with Gasteiger partial charge in [-0.1, -0.05) is 13.8 Å². The predicted octanol–water partition coefficient (Wildman–Crippen LogP) is 2.12. The van der Waals surface area contributed by atoms with Gasteiger partial charge in [0.25, 0.3) is 0 Å². The number of nitrogens with one attached hydrogen (secondary N) is 1. The van der Waals surface area contributed by atoms with Crippen LogP contribution in [-0.4, -0.2) is 32.9 Å². The third-order valence-corrected chi connectivity index (χ3v) is 5.97. The molecule has 1 aliphatic rings. The Kier molecular flexibility index (Phi) is 4.27. The average Bonchev–Trinajstić information content (AvgIpc) is 2.71. The summed E-state index contributed by atoms with van der Waals surface area (Å²) in [4.78, 5) is 0.308. The van der Waals surface area contributed by atoms with E-state index in [4.69, 9.17) is 4.42 Å². The Bertz CT molecular complexity index is 565. The van der Waals surface area contributed by atoms with E-state index in [0.29, 0.717) is 36.1 Å². The molecule has 0 saturated carbocycles. The predicted molar refractivity (Wildman–Crippen MR) is 78.0 cm³/mol. The van der Waals surface area contributed by atoms with Crippen molar-refractivity contribution in [2.75, 3.05) is 20.1 Å². The molecule has 2 heterocycles. The van der Waals surface area contributed by atoms with Crippen LogP contribution in [0.4, 0.5) is 0 Å². The summed E-state index contributed by atoms with van der Waals surface area (Å²) in [5.41, 5.74) is 0.231. The molecule has 1 saturated heterocycles. The van der Waals surface area contributed by atoms with Crippen LogP contribution in [0.15, 0.2) is 15.4 Å². The second-order valence-electron chi connectivity index (χ2n) is 6.23. The summed E-state index contributed by atoms with van der Waals surface area (Å²) in [6.07, 6.45) is 1.79. The molecule has 5 nitrogen and oxygen atoms in total. The maximum absolute atomic E-state index is 12.7. The van der Waals surface area contributed by atoms with Crippen molar-refractivity contribution in [3.8, 4) is 0 Å². The van der Waals surface area contributed by atoms with Gasteiger partial charge in [-0.15, -0.1) is 0 Å². The molecule has 0 amide bonds. The minimum atomic E-state index is -3.43. The Labute approximate surface area is 121 Å². The Morgan fingerprint density at radius 1 is 1.35 bits per heavy atom. The van der Waals surface area contributed by atoms with Gasteiger partial charge in [-0.3, -0.25) is 0 Å². The quantitative estimate of drug-likeness (QED) is 0.925. The maximum atomic E-state index is 12.7. The fourth-order valence-corrected chi connectivity index (χ4v) is 4.14. The number of aryl methyl sites for hydroxylation is 1. The van der Waals surface area contributed by atoms with E-state index in [1.165, 1.54) is 0 Å². The van der Waals surface area contributed by atoms with E-state index in [-0.39, 0.29) is 5.41 Å². The summed E-state index contributed by atoms with van der Waals surface area (Å²) < 4.78 is 32.5. The van der Waals surface area contributed by atoms with Crippen molar-refractivity contribution in [1.29, 1.82) is 0 Å². The maximum Gasteiger partial charge on any atom is 0.246 e. The minimum Gasteiger partial charge on any atom is -0.464 e. The summed E-state index contributed by atoms with van der Waals surface area (Å²) in [7, 11) is -1.62. The first-order valence-electron chi connectivity index (χ1n) is 7.00. The van der Waals surface area contributed by atoms with Gasteiger partial charge >= 0.3 is 0 Å². The van der Waals surface area contributed by atoms with E-state index in [1.54, 1.807) is 24.3 Å². The molecule has 1 aliphatic heterocycles. The van der Waals surface area contributed by atoms with E-state index in [2.05, 4.69) is 19.2 Å². The van der Waals surface area contributed by atoms with Gasteiger partial charge in [0.1, 0.15) is 16.4 Å². The van der Waals surface area contributed by atoms with Crippen molar-refractivity contribution in [3.05, 3.63) is 17.6 Å². The van der Waals surface area contributed by atoms with Gasteiger partial charge in [-0.2, -0.15) is 4.31 Å². The number of furan rings is 1. The smallest absolute Gasteiger partial charge is 0.246 e. The Balaban J connectivity index is 2.22. The average molecular weight is 300 g/mol. The van der Waals surface area contributed by atoms with Crippen molar-refractivity contribution < 1.29 is 12.8 Å². The molecule has 1 aromatic rings. The molecule has 0 unspecified atom stereocenters. The Morgan fingerprint density at radius 2 is 1.95 bits per heavy atom. The van der Waals surface area contributed by atoms with Gasteiger partial charge < -0.3 is 9.73 Å². The third-order valence-electron chi connectivity index (χ3n) is 3.97. The number of rotatable bonds is 4. The molecule has 0 aromatic carbocycles. The molecule has 0 spiro atoms. The molecule has 0 aliphatic carbocycles. The van der Waals surface area contributed by atoms with Gasteiger partial charge in [-0.05, 0) is 32.2 Å². The monoisotopic (exact) mass is 300 g/mol. The fraction of sp³-hybridized carbons (Fsp3) is 0.714. The molecule has 2 rings (SSSR count). The van der Waals surface area contributed by atoms with Gasteiger partial charge in [0.2, 0.25) is 10.0 Å². The molecule has 1 N–H and O–H groups in total. The van der Waals surface area contributed by atoms with Gasteiger partial charge in [0.15, 0.2) is 0 Å². The van der Waals surface area contributed by atoms with Crippen molar-refractivity contribution in [2.24, 2.45) is 5.41 Å². The molecule has 0 radical (unpaired) electrons. The van der Waals surface area contributed by atoms with Crippen molar-refractivity contribution in [2.45, 2.75) is 45.1 Å².